The van der Waals surface area contributed by atoms with Gasteiger partial charge in [0, 0.05) is 5.75 Å². The Morgan fingerprint density at radius 3 is 2.00 bits per heavy atom. The Kier molecular flexibility index (Phi) is 4.90. The highest BCUT2D eigenvalue weighted by Gasteiger charge is 2.08. The maximum Gasteiger partial charge on any atom is 0.0661 e. The van der Waals surface area contributed by atoms with Gasteiger partial charge in [-0.25, -0.2) is 0 Å². The van der Waals surface area contributed by atoms with Crippen molar-refractivity contribution in [1.29, 1.82) is 0 Å². The van der Waals surface area contributed by atoms with E-state index in [1.54, 1.807) is 0 Å². The second-order valence-corrected chi connectivity index (χ2v) is 2.64. The van der Waals surface area contributed by atoms with Crippen molar-refractivity contribution < 1.29 is 5.11 Å². The molecule has 0 saturated carbocycles. The zero-order valence-corrected chi connectivity index (χ0v) is 6.70. The molecule has 0 aliphatic rings. The molecule has 0 aromatic carbocycles. The highest BCUT2D eigenvalue weighted by molar-refractivity contribution is 7.80. The second kappa shape index (κ2) is 4.53. The van der Waals surface area contributed by atoms with Crippen molar-refractivity contribution >= 4 is 25.3 Å². The van der Waals surface area contributed by atoms with E-state index in [0.29, 0.717) is 5.75 Å². The predicted octanol–water partition coefficient (Wildman–Crippen LogP) is 0.843. The number of hydrogen-bond donors (Lipinski definition) is 3. The van der Waals surface area contributed by atoms with Crippen LogP contribution >= 0.6 is 25.3 Å². The minimum atomic E-state index is -0.296. The molecule has 0 fully saturated rings. The summed E-state index contributed by atoms with van der Waals surface area (Å²) in [6.45, 7) is 1.95. The molecule has 0 heterocycles. The number of hydrogen-bond acceptors (Lipinski definition) is 3. The van der Waals surface area contributed by atoms with Gasteiger partial charge in [-0.3, -0.25) is 0 Å². The monoisotopic (exact) mass is 152 g/mol. The Balaban J connectivity index is 3.29. The van der Waals surface area contributed by atoms with Gasteiger partial charge in [0.15, 0.2) is 0 Å². The quantitative estimate of drug-likeness (QED) is 0.512. The van der Waals surface area contributed by atoms with Crippen molar-refractivity contribution in [3.05, 3.63) is 0 Å². The fraction of sp³-hybridized carbons (Fsp3) is 1.00. The fourth-order valence-electron chi connectivity index (χ4n) is 0.302. The average Bonchev–Trinajstić information content (AvgIpc) is 1.84. The first-order valence-corrected chi connectivity index (χ1v) is 3.88. The summed E-state index contributed by atoms with van der Waals surface area (Å²) in [7, 11) is 0. The van der Waals surface area contributed by atoms with E-state index in [1.807, 2.05) is 6.92 Å². The lowest BCUT2D eigenvalue weighted by atomic mass is 10.1. The largest absolute Gasteiger partial charge is 0.392 e. The van der Waals surface area contributed by atoms with Crippen LogP contribution < -0.4 is 0 Å². The minimum absolute atomic E-state index is 0.260. The molecule has 0 aromatic heterocycles. The molecule has 2 unspecified atom stereocenters. The van der Waals surface area contributed by atoms with Crippen molar-refractivity contribution in [2.24, 2.45) is 5.92 Å². The SMILES string of the molecule is CC(CS)C(O)CS. The lowest BCUT2D eigenvalue weighted by molar-refractivity contribution is 0.152. The van der Waals surface area contributed by atoms with Gasteiger partial charge < -0.3 is 5.11 Å². The molecule has 1 nitrogen and oxygen atoms in total. The molecule has 0 aliphatic heterocycles. The maximum atomic E-state index is 9.00. The third kappa shape index (κ3) is 2.84. The molecule has 0 aromatic rings. The molecule has 0 spiro atoms. The summed E-state index contributed by atoms with van der Waals surface area (Å²) >= 11 is 7.94. The van der Waals surface area contributed by atoms with Gasteiger partial charge in [-0.05, 0) is 11.7 Å². The molecule has 0 aliphatic carbocycles. The van der Waals surface area contributed by atoms with Crippen LogP contribution in [0.15, 0.2) is 0 Å². The average molecular weight is 152 g/mol. The Morgan fingerprint density at radius 1 is 1.38 bits per heavy atom. The molecule has 1 N–H and O–H groups in total. The van der Waals surface area contributed by atoms with E-state index < -0.39 is 0 Å². The summed E-state index contributed by atoms with van der Waals surface area (Å²) < 4.78 is 0. The first-order chi connectivity index (χ1) is 3.72. The van der Waals surface area contributed by atoms with Crippen molar-refractivity contribution in [3.8, 4) is 0 Å². The van der Waals surface area contributed by atoms with Crippen molar-refractivity contribution in [3.63, 3.8) is 0 Å². The van der Waals surface area contributed by atoms with Gasteiger partial charge in [0.2, 0.25) is 0 Å². The predicted molar refractivity (Wildman–Crippen MR) is 42.9 cm³/mol. The van der Waals surface area contributed by atoms with E-state index >= 15 is 0 Å². The van der Waals surface area contributed by atoms with Gasteiger partial charge in [0.05, 0.1) is 6.10 Å². The molecule has 0 amide bonds. The lowest BCUT2D eigenvalue weighted by Crippen LogP contribution is -2.20. The van der Waals surface area contributed by atoms with Gasteiger partial charge in [-0.15, -0.1) is 0 Å². The summed E-state index contributed by atoms with van der Waals surface area (Å²) in [5.74, 6) is 1.51. The van der Waals surface area contributed by atoms with E-state index in [9.17, 15) is 0 Å². The molecular formula is C5H12OS2. The summed E-state index contributed by atoms with van der Waals surface area (Å²) in [6, 6.07) is 0. The number of aliphatic hydroxyl groups is 1. The van der Waals surface area contributed by atoms with Crippen LogP contribution in [0.2, 0.25) is 0 Å². The maximum absolute atomic E-state index is 9.00. The molecule has 0 bridgehead atoms. The standard InChI is InChI=1S/C5H12OS2/c1-4(2-7)5(6)3-8/h4-8H,2-3H2,1H3. The molecule has 0 saturated heterocycles. The number of aliphatic hydroxyl groups excluding tert-OH is 1. The van der Waals surface area contributed by atoms with Crippen LogP contribution in [0.5, 0.6) is 0 Å². The number of thiol groups is 2. The first kappa shape index (κ1) is 8.66. The van der Waals surface area contributed by atoms with Crippen LogP contribution in [-0.2, 0) is 0 Å². The van der Waals surface area contributed by atoms with Crippen molar-refractivity contribution in [1.82, 2.24) is 0 Å². The van der Waals surface area contributed by atoms with Crippen LogP contribution in [0.4, 0.5) is 0 Å². The zero-order valence-electron chi connectivity index (χ0n) is 4.91. The Labute approximate surface area is 61.3 Å². The van der Waals surface area contributed by atoms with Gasteiger partial charge in [0.1, 0.15) is 0 Å². The fourth-order valence-corrected chi connectivity index (χ4v) is 0.905. The van der Waals surface area contributed by atoms with Gasteiger partial charge in [0.25, 0.3) is 0 Å². The van der Waals surface area contributed by atoms with Crippen LogP contribution in [0.1, 0.15) is 6.92 Å². The molecule has 0 radical (unpaired) electrons. The highest BCUT2D eigenvalue weighted by Crippen LogP contribution is 2.05. The van der Waals surface area contributed by atoms with Gasteiger partial charge in [-0.1, -0.05) is 6.92 Å². The Hall–Kier alpha value is 0.660. The summed E-state index contributed by atoms with van der Waals surface area (Å²) in [4.78, 5) is 0. The normalized spacial score (nSPS) is 18.0. The Bertz CT molecular complexity index is 50.4. The molecule has 50 valence electrons. The summed E-state index contributed by atoms with van der Waals surface area (Å²) in [5, 5.41) is 9.00. The first-order valence-electron chi connectivity index (χ1n) is 2.62. The summed E-state index contributed by atoms with van der Waals surface area (Å²) in [6.07, 6.45) is -0.296. The topological polar surface area (TPSA) is 20.2 Å². The number of rotatable bonds is 3. The van der Waals surface area contributed by atoms with Crippen molar-refractivity contribution in [2.75, 3.05) is 11.5 Å². The van der Waals surface area contributed by atoms with E-state index in [1.165, 1.54) is 0 Å². The third-order valence-corrected chi connectivity index (χ3v) is 2.08. The van der Waals surface area contributed by atoms with Crippen molar-refractivity contribution in [2.45, 2.75) is 13.0 Å². The van der Waals surface area contributed by atoms with E-state index in [-0.39, 0.29) is 12.0 Å². The van der Waals surface area contributed by atoms with Crippen LogP contribution in [0.25, 0.3) is 0 Å². The second-order valence-electron chi connectivity index (χ2n) is 1.91. The lowest BCUT2D eigenvalue weighted by Gasteiger charge is -2.12. The van der Waals surface area contributed by atoms with Crippen LogP contribution in [-0.4, -0.2) is 22.7 Å². The molecule has 0 rings (SSSR count). The zero-order chi connectivity index (χ0) is 6.57. The van der Waals surface area contributed by atoms with Gasteiger partial charge in [-0.2, -0.15) is 25.3 Å². The van der Waals surface area contributed by atoms with E-state index in [2.05, 4.69) is 25.3 Å². The smallest absolute Gasteiger partial charge is 0.0661 e. The Morgan fingerprint density at radius 2 is 1.88 bits per heavy atom. The molecular weight excluding hydrogens is 140 g/mol. The van der Waals surface area contributed by atoms with Crippen LogP contribution in [0, 0.1) is 5.92 Å². The van der Waals surface area contributed by atoms with Crippen LogP contribution in [0.3, 0.4) is 0 Å². The van der Waals surface area contributed by atoms with E-state index in [4.69, 9.17) is 5.11 Å². The third-order valence-electron chi connectivity index (χ3n) is 1.13. The highest BCUT2D eigenvalue weighted by atomic mass is 32.1. The summed E-state index contributed by atoms with van der Waals surface area (Å²) in [5.41, 5.74) is 0. The molecule has 3 heteroatoms. The minimum Gasteiger partial charge on any atom is -0.392 e. The molecule has 2 atom stereocenters. The van der Waals surface area contributed by atoms with E-state index in [0.717, 1.165) is 5.75 Å². The molecule has 8 heavy (non-hydrogen) atoms. The van der Waals surface area contributed by atoms with Gasteiger partial charge >= 0.3 is 0 Å².